The first-order valence-corrected chi connectivity index (χ1v) is 10.5. The average Bonchev–Trinajstić information content (AvgIpc) is 3.27. The van der Waals surface area contributed by atoms with Crippen molar-refractivity contribution in [1.82, 2.24) is 10.2 Å². The fourth-order valence-electron chi connectivity index (χ4n) is 3.55. The largest absolute Gasteiger partial charge is 0.497 e. The average molecular weight is 527 g/mol. The molecule has 0 saturated carbocycles. The third-order valence-electron chi connectivity index (χ3n) is 5.29. The van der Waals surface area contributed by atoms with Gasteiger partial charge in [-0.1, -0.05) is 12.1 Å². The van der Waals surface area contributed by atoms with Gasteiger partial charge in [-0.05, 0) is 55.0 Å². The molecule has 2 aromatic rings. The van der Waals surface area contributed by atoms with Crippen LogP contribution in [0.2, 0.25) is 0 Å². The van der Waals surface area contributed by atoms with Gasteiger partial charge in [-0.2, -0.15) is 0 Å². The van der Waals surface area contributed by atoms with Gasteiger partial charge in [-0.25, -0.2) is 0 Å². The number of ether oxygens (including phenoxy) is 2. The van der Waals surface area contributed by atoms with Crippen LogP contribution in [0.15, 0.2) is 52.1 Å². The second-order valence-corrected chi connectivity index (χ2v) is 7.50. The first-order valence-electron chi connectivity index (χ1n) is 10.5. The third kappa shape index (κ3) is 8.18. The number of hydrogen-bond donors (Lipinski definition) is 1. The lowest BCUT2D eigenvalue weighted by Crippen LogP contribution is -2.43. The van der Waals surface area contributed by atoms with Gasteiger partial charge in [0.25, 0.3) is 0 Å². The van der Waals surface area contributed by atoms with Crippen molar-refractivity contribution in [3.63, 3.8) is 0 Å². The van der Waals surface area contributed by atoms with Crippen LogP contribution in [0.1, 0.15) is 24.2 Å². The molecule has 0 aliphatic carbocycles. The monoisotopic (exact) mass is 527 g/mol. The zero-order chi connectivity index (χ0) is 20.3. The number of halogens is 1. The topological polar surface area (TPSA) is 59.2 Å². The van der Waals surface area contributed by atoms with Crippen LogP contribution >= 0.6 is 24.0 Å². The fraction of sp³-hybridized carbons (Fsp3) is 0.522. The number of hydrogen-bond acceptors (Lipinski definition) is 4. The van der Waals surface area contributed by atoms with Crippen LogP contribution in [0.3, 0.4) is 0 Å². The van der Waals surface area contributed by atoms with Gasteiger partial charge >= 0.3 is 0 Å². The van der Waals surface area contributed by atoms with Crippen molar-refractivity contribution in [3.8, 4) is 5.75 Å². The molecule has 1 aromatic heterocycles. The van der Waals surface area contributed by atoms with E-state index in [0.717, 1.165) is 69.5 Å². The van der Waals surface area contributed by atoms with Crippen LogP contribution < -0.4 is 10.1 Å². The Balaban J connectivity index is 0.00000320. The molecule has 1 aliphatic rings. The van der Waals surface area contributed by atoms with Gasteiger partial charge in [0.05, 0.1) is 13.4 Å². The molecule has 30 heavy (non-hydrogen) atoms. The molecule has 0 amide bonds. The molecule has 0 bridgehead atoms. The van der Waals surface area contributed by atoms with Crippen LogP contribution in [0, 0.1) is 5.92 Å². The Morgan fingerprint density at radius 3 is 2.60 bits per heavy atom. The van der Waals surface area contributed by atoms with Gasteiger partial charge in [0.15, 0.2) is 5.96 Å². The molecule has 1 aliphatic heterocycles. The Morgan fingerprint density at radius 2 is 1.93 bits per heavy atom. The molecule has 0 atom stereocenters. The summed E-state index contributed by atoms with van der Waals surface area (Å²) in [5.41, 5.74) is 1.28. The first kappa shape index (κ1) is 24.5. The molecule has 166 valence electrons. The fourth-order valence-corrected chi connectivity index (χ4v) is 3.55. The first-order chi connectivity index (χ1) is 14.2. The molecule has 1 aromatic carbocycles. The van der Waals surface area contributed by atoms with E-state index >= 15 is 0 Å². The van der Waals surface area contributed by atoms with E-state index in [9.17, 15) is 0 Å². The van der Waals surface area contributed by atoms with Gasteiger partial charge in [0.1, 0.15) is 11.5 Å². The van der Waals surface area contributed by atoms with E-state index in [1.165, 1.54) is 5.56 Å². The molecule has 3 rings (SSSR count). The summed E-state index contributed by atoms with van der Waals surface area (Å²) in [5, 5.41) is 3.55. The molecule has 0 spiro atoms. The number of methoxy groups -OCH3 is 1. The van der Waals surface area contributed by atoms with Crippen molar-refractivity contribution in [2.45, 2.75) is 25.7 Å². The van der Waals surface area contributed by atoms with Gasteiger partial charge < -0.3 is 24.1 Å². The quantitative estimate of drug-likeness (QED) is 0.304. The van der Waals surface area contributed by atoms with Crippen LogP contribution in [0.5, 0.6) is 5.75 Å². The molecule has 0 unspecified atom stereocenters. The zero-order valence-electron chi connectivity index (χ0n) is 18.0. The molecule has 1 saturated heterocycles. The molecule has 6 nitrogen and oxygen atoms in total. The molecular formula is C23H34IN3O3. The predicted molar refractivity (Wildman–Crippen MR) is 131 cm³/mol. The Kier molecular flexibility index (Phi) is 11.1. The van der Waals surface area contributed by atoms with Crippen LogP contribution in [0.25, 0.3) is 0 Å². The molecule has 2 heterocycles. The van der Waals surface area contributed by atoms with Crippen LogP contribution in [-0.4, -0.2) is 57.9 Å². The Morgan fingerprint density at radius 1 is 1.17 bits per heavy atom. The Hall–Kier alpha value is -1.74. The maximum atomic E-state index is 5.49. The molecular weight excluding hydrogens is 493 g/mol. The SMILES string of the molecule is COc1ccc(CCNC(=NCCc2ccco2)N(C)CC2CCOCC2)cc1.I. The lowest BCUT2D eigenvalue weighted by atomic mass is 10.00. The minimum atomic E-state index is 0. The van der Waals surface area contributed by atoms with Crippen molar-refractivity contribution < 1.29 is 13.9 Å². The predicted octanol–water partition coefficient (Wildman–Crippen LogP) is 4.00. The molecule has 1 fully saturated rings. The van der Waals surface area contributed by atoms with E-state index in [1.807, 2.05) is 24.3 Å². The summed E-state index contributed by atoms with van der Waals surface area (Å²) < 4.78 is 16.2. The lowest BCUT2D eigenvalue weighted by molar-refractivity contribution is 0.0610. The van der Waals surface area contributed by atoms with Crippen molar-refractivity contribution in [2.24, 2.45) is 10.9 Å². The Bertz CT molecular complexity index is 729. The number of nitrogens with one attached hydrogen (secondary N) is 1. The minimum absolute atomic E-state index is 0. The van der Waals surface area contributed by atoms with E-state index in [2.05, 4.69) is 29.4 Å². The smallest absolute Gasteiger partial charge is 0.193 e. The van der Waals surface area contributed by atoms with Gasteiger partial charge in [0, 0.05) is 46.3 Å². The van der Waals surface area contributed by atoms with Crippen LogP contribution in [-0.2, 0) is 17.6 Å². The van der Waals surface area contributed by atoms with Gasteiger partial charge in [0.2, 0.25) is 0 Å². The molecule has 0 radical (unpaired) electrons. The molecule has 1 N–H and O–H groups in total. The number of rotatable bonds is 9. The van der Waals surface area contributed by atoms with Crippen molar-refractivity contribution in [3.05, 3.63) is 54.0 Å². The second kappa shape index (κ2) is 13.5. The zero-order valence-corrected chi connectivity index (χ0v) is 20.3. The van der Waals surface area contributed by atoms with E-state index < -0.39 is 0 Å². The highest BCUT2D eigenvalue weighted by atomic mass is 127. The number of guanidine groups is 1. The summed E-state index contributed by atoms with van der Waals surface area (Å²) in [5.74, 6) is 3.47. The van der Waals surface area contributed by atoms with Crippen molar-refractivity contribution in [1.29, 1.82) is 0 Å². The highest BCUT2D eigenvalue weighted by molar-refractivity contribution is 14.0. The summed E-state index contributed by atoms with van der Waals surface area (Å²) in [6, 6.07) is 12.2. The van der Waals surface area contributed by atoms with Crippen LogP contribution in [0.4, 0.5) is 0 Å². The lowest BCUT2D eigenvalue weighted by Gasteiger charge is -2.29. The second-order valence-electron chi connectivity index (χ2n) is 7.50. The van der Waals surface area contributed by atoms with E-state index in [-0.39, 0.29) is 24.0 Å². The van der Waals surface area contributed by atoms with Crippen molar-refractivity contribution in [2.75, 3.05) is 47.0 Å². The summed E-state index contributed by atoms with van der Waals surface area (Å²) in [6.45, 7) is 4.28. The normalized spacial score (nSPS) is 14.8. The number of nitrogens with zero attached hydrogens (tertiary/aromatic N) is 2. The van der Waals surface area contributed by atoms with E-state index in [4.69, 9.17) is 18.9 Å². The summed E-state index contributed by atoms with van der Waals surface area (Å²) in [6.07, 6.45) is 5.70. The minimum Gasteiger partial charge on any atom is -0.497 e. The third-order valence-corrected chi connectivity index (χ3v) is 5.29. The highest BCUT2D eigenvalue weighted by Crippen LogP contribution is 2.16. The van der Waals surface area contributed by atoms with E-state index in [0.29, 0.717) is 12.5 Å². The van der Waals surface area contributed by atoms with E-state index in [1.54, 1.807) is 13.4 Å². The Labute approximate surface area is 197 Å². The standard InChI is InChI=1S/C23H33N3O3.HI/c1-26(18-20-11-16-28-17-12-20)23(25-14-10-22-4-3-15-29-22)24-13-9-19-5-7-21(27-2)8-6-19;/h3-8,15,20H,9-14,16-18H2,1-2H3,(H,24,25);1H. The molecule has 7 heteroatoms. The summed E-state index contributed by atoms with van der Waals surface area (Å²) in [4.78, 5) is 7.10. The maximum Gasteiger partial charge on any atom is 0.193 e. The number of aliphatic imine (C=N–C) groups is 1. The maximum absolute atomic E-state index is 5.49. The number of benzene rings is 1. The van der Waals surface area contributed by atoms with Crippen molar-refractivity contribution >= 4 is 29.9 Å². The summed E-state index contributed by atoms with van der Waals surface area (Å²) in [7, 11) is 3.82. The van der Waals surface area contributed by atoms with Gasteiger partial charge in [-0.3, -0.25) is 4.99 Å². The summed E-state index contributed by atoms with van der Waals surface area (Å²) >= 11 is 0. The number of furan rings is 1. The van der Waals surface area contributed by atoms with Gasteiger partial charge in [-0.15, -0.1) is 24.0 Å². The highest BCUT2D eigenvalue weighted by Gasteiger charge is 2.17.